The molecule has 0 aliphatic rings. The van der Waals surface area contributed by atoms with Crippen molar-refractivity contribution in [3.8, 4) is 0 Å². The van der Waals surface area contributed by atoms with Gasteiger partial charge in [0.15, 0.2) is 0 Å². The first-order valence-electron chi connectivity index (χ1n) is 3.81. The lowest BCUT2D eigenvalue weighted by atomic mass is 10.1. The van der Waals surface area contributed by atoms with Crippen molar-refractivity contribution in [1.82, 2.24) is 0 Å². The first-order chi connectivity index (χ1) is 3.81. The van der Waals surface area contributed by atoms with Crippen LogP contribution in [0.4, 0.5) is 4.70 Å². The maximum absolute atomic E-state index is 2.28. The number of hydrogen-bond acceptors (Lipinski definition) is 0. The maximum Gasteiger partial charge on any atom is -0.0448 e. The van der Waals surface area contributed by atoms with Gasteiger partial charge in [-0.25, -0.2) is 0 Å². The lowest BCUT2D eigenvalue weighted by molar-refractivity contribution is 0.544. The van der Waals surface area contributed by atoms with Gasteiger partial charge in [0.25, 0.3) is 0 Å². The van der Waals surface area contributed by atoms with Crippen molar-refractivity contribution in [3.63, 3.8) is 0 Å². The molecule has 0 aliphatic heterocycles. The summed E-state index contributed by atoms with van der Waals surface area (Å²) in [6.45, 7) is 10.7. The quantitative estimate of drug-likeness (QED) is 0.544. The number of rotatable bonds is 2. The zero-order valence-corrected chi connectivity index (χ0v) is 7.40. The topological polar surface area (TPSA) is 0 Å². The minimum Gasteiger partial charge on any atom is -0.269 e. The average molecular weight is 136 g/mol. The molecule has 0 heterocycles. The normalized spacial score (nSPS) is 7.33. The van der Waals surface area contributed by atoms with Gasteiger partial charge < -0.3 is 0 Å². The predicted molar refractivity (Wildman–Crippen MR) is 43.6 cm³/mol. The lowest BCUT2D eigenvalue weighted by Gasteiger charge is -1.98. The van der Waals surface area contributed by atoms with E-state index in [-0.39, 0.29) is 4.70 Å². The van der Waals surface area contributed by atoms with Gasteiger partial charge in [0.05, 0.1) is 0 Å². The first kappa shape index (κ1) is 16.0. The van der Waals surface area contributed by atoms with Crippen molar-refractivity contribution < 1.29 is 4.70 Å². The minimum absolute atomic E-state index is 0. The average Bonchev–Trinajstić information content (AvgIpc) is 1.91. The molecule has 0 radical (unpaired) electrons. The Labute approximate surface area is 59.0 Å². The molecule has 1 heteroatoms. The molecular formula is C8H21F. The van der Waals surface area contributed by atoms with Crippen LogP contribution in [-0.4, -0.2) is 0 Å². The highest BCUT2D eigenvalue weighted by Crippen LogP contribution is 2.02. The van der Waals surface area contributed by atoms with E-state index in [9.17, 15) is 0 Å². The summed E-state index contributed by atoms with van der Waals surface area (Å²) < 4.78 is 0. The summed E-state index contributed by atoms with van der Waals surface area (Å²) in [7, 11) is 0. The Morgan fingerprint density at radius 1 is 1.00 bits per heavy atom. The standard InChI is InChI=1S/C6H14.C2H6.FH/c1-4-6(3)5-2;1-2;/h6H,4-5H2,1-3H3;1-2H3;1H. The van der Waals surface area contributed by atoms with E-state index < -0.39 is 0 Å². The second kappa shape index (κ2) is 15.7. The SMILES string of the molecule is CC.CCC(C)CC.F. The monoisotopic (exact) mass is 136 g/mol. The van der Waals surface area contributed by atoms with E-state index in [4.69, 9.17) is 0 Å². The summed E-state index contributed by atoms with van der Waals surface area (Å²) in [5.74, 6) is 0.935. The summed E-state index contributed by atoms with van der Waals surface area (Å²) in [6, 6.07) is 0. The Bertz CT molecular complexity index is 23.7. The van der Waals surface area contributed by atoms with Gasteiger partial charge in [-0.1, -0.05) is 47.5 Å². The highest BCUT2D eigenvalue weighted by Gasteiger charge is 1.88. The van der Waals surface area contributed by atoms with Crippen LogP contribution in [0.3, 0.4) is 0 Å². The largest absolute Gasteiger partial charge is 0.269 e. The van der Waals surface area contributed by atoms with Crippen LogP contribution in [0.25, 0.3) is 0 Å². The van der Waals surface area contributed by atoms with Crippen LogP contribution in [0.5, 0.6) is 0 Å². The Kier molecular flexibility index (Phi) is 27.8. The molecule has 0 nitrogen and oxygen atoms in total. The fraction of sp³-hybridized carbons (Fsp3) is 1.00. The molecule has 0 fully saturated rings. The van der Waals surface area contributed by atoms with Crippen molar-refractivity contribution in [2.45, 2.75) is 47.5 Å². The second-order valence-corrected chi connectivity index (χ2v) is 1.92. The van der Waals surface area contributed by atoms with Crippen LogP contribution >= 0.6 is 0 Å². The van der Waals surface area contributed by atoms with Crippen molar-refractivity contribution in [2.75, 3.05) is 0 Å². The van der Waals surface area contributed by atoms with Crippen LogP contribution in [0, 0.1) is 5.92 Å². The van der Waals surface area contributed by atoms with E-state index in [1.807, 2.05) is 13.8 Å². The third kappa shape index (κ3) is 18.1. The van der Waals surface area contributed by atoms with E-state index in [2.05, 4.69) is 20.8 Å². The summed E-state index contributed by atoms with van der Waals surface area (Å²) in [6.07, 6.45) is 2.66. The second-order valence-electron chi connectivity index (χ2n) is 1.92. The van der Waals surface area contributed by atoms with Gasteiger partial charge >= 0.3 is 0 Å². The highest BCUT2D eigenvalue weighted by atomic mass is 19.0. The summed E-state index contributed by atoms with van der Waals surface area (Å²) in [5.41, 5.74) is 0. The lowest BCUT2D eigenvalue weighted by Crippen LogP contribution is -1.85. The predicted octanol–water partition coefficient (Wildman–Crippen LogP) is 3.62. The molecule has 60 valence electrons. The van der Waals surface area contributed by atoms with Crippen molar-refractivity contribution in [2.24, 2.45) is 5.92 Å². The summed E-state index contributed by atoms with van der Waals surface area (Å²) >= 11 is 0. The molecule has 0 N–H and O–H groups in total. The van der Waals surface area contributed by atoms with E-state index >= 15 is 0 Å². The zero-order valence-electron chi connectivity index (χ0n) is 7.40. The Balaban J connectivity index is -0.000000109. The number of halogens is 1. The van der Waals surface area contributed by atoms with Crippen molar-refractivity contribution in [1.29, 1.82) is 0 Å². The minimum atomic E-state index is 0. The molecule has 0 atom stereocenters. The molecule has 0 aliphatic carbocycles. The molecule has 0 saturated carbocycles. The maximum atomic E-state index is 2.28. The van der Waals surface area contributed by atoms with E-state index in [1.165, 1.54) is 12.8 Å². The van der Waals surface area contributed by atoms with Gasteiger partial charge in [0.1, 0.15) is 0 Å². The molecule has 0 rings (SSSR count). The van der Waals surface area contributed by atoms with Crippen LogP contribution in [0.1, 0.15) is 47.5 Å². The first-order valence-corrected chi connectivity index (χ1v) is 3.81. The Hall–Kier alpha value is -0.0700. The van der Waals surface area contributed by atoms with Crippen molar-refractivity contribution in [3.05, 3.63) is 0 Å². The van der Waals surface area contributed by atoms with Gasteiger partial charge in [-0.2, -0.15) is 0 Å². The molecule has 0 unspecified atom stereocenters. The Morgan fingerprint density at radius 2 is 1.22 bits per heavy atom. The summed E-state index contributed by atoms with van der Waals surface area (Å²) in [4.78, 5) is 0. The van der Waals surface area contributed by atoms with Crippen LogP contribution in [-0.2, 0) is 0 Å². The molecular weight excluding hydrogens is 115 g/mol. The molecule has 9 heavy (non-hydrogen) atoms. The van der Waals surface area contributed by atoms with E-state index in [0.717, 1.165) is 5.92 Å². The van der Waals surface area contributed by atoms with Crippen molar-refractivity contribution >= 4 is 0 Å². The molecule has 0 bridgehead atoms. The Morgan fingerprint density at radius 3 is 1.22 bits per heavy atom. The van der Waals surface area contributed by atoms with E-state index in [0.29, 0.717) is 0 Å². The van der Waals surface area contributed by atoms with Gasteiger partial charge in [0, 0.05) is 0 Å². The zero-order chi connectivity index (χ0) is 6.99. The third-order valence-electron chi connectivity index (χ3n) is 1.39. The molecule has 0 spiro atoms. The van der Waals surface area contributed by atoms with Crippen LogP contribution < -0.4 is 0 Å². The van der Waals surface area contributed by atoms with Gasteiger partial charge in [-0.05, 0) is 5.92 Å². The fourth-order valence-corrected chi connectivity index (χ4v) is 0.289. The smallest absolute Gasteiger partial charge is 0.0448 e. The molecule has 0 aromatic carbocycles. The van der Waals surface area contributed by atoms with Crippen LogP contribution in [0.15, 0.2) is 0 Å². The van der Waals surface area contributed by atoms with E-state index in [1.54, 1.807) is 0 Å². The van der Waals surface area contributed by atoms with Gasteiger partial charge in [-0.15, -0.1) is 0 Å². The molecule has 0 amide bonds. The third-order valence-corrected chi connectivity index (χ3v) is 1.39. The number of hydrogen-bond donors (Lipinski definition) is 0. The van der Waals surface area contributed by atoms with Gasteiger partial charge in [-0.3, -0.25) is 4.70 Å². The highest BCUT2D eigenvalue weighted by molar-refractivity contribution is 4.41. The summed E-state index contributed by atoms with van der Waals surface area (Å²) in [5, 5.41) is 0. The fourth-order valence-electron chi connectivity index (χ4n) is 0.289. The molecule has 0 saturated heterocycles. The van der Waals surface area contributed by atoms with Crippen LogP contribution in [0.2, 0.25) is 0 Å². The molecule has 0 aromatic heterocycles. The molecule has 0 aromatic rings. The van der Waals surface area contributed by atoms with Gasteiger partial charge in [0.2, 0.25) is 0 Å².